The number of nitrogen functional groups attached to an aromatic ring is 1. The molecule has 2 aromatic rings. The number of hydrogen-bond acceptors (Lipinski definition) is 2. The normalized spacial score (nSPS) is 10.5. The Kier molecular flexibility index (Phi) is 3.74. The second kappa shape index (κ2) is 5.31. The van der Waals surface area contributed by atoms with Gasteiger partial charge in [0, 0.05) is 13.6 Å². The first-order valence-corrected chi connectivity index (χ1v) is 6.30. The Morgan fingerprint density at radius 3 is 2.58 bits per heavy atom. The fourth-order valence-electron chi connectivity index (χ4n) is 2.22. The van der Waals surface area contributed by atoms with Crippen LogP contribution < -0.4 is 10.6 Å². The van der Waals surface area contributed by atoms with Crippen LogP contribution in [0.3, 0.4) is 0 Å². The van der Waals surface area contributed by atoms with Crippen LogP contribution in [0.25, 0.3) is 0 Å². The lowest BCUT2D eigenvalue weighted by Gasteiger charge is -2.22. The molecule has 100 valence electrons. The van der Waals surface area contributed by atoms with Crippen LogP contribution >= 0.6 is 0 Å². The number of aryl methyl sites for hydroxylation is 2. The van der Waals surface area contributed by atoms with E-state index in [4.69, 9.17) is 5.73 Å². The minimum absolute atomic E-state index is 0.203. The summed E-state index contributed by atoms with van der Waals surface area (Å²) in [5.41, 5.74) is 10.4. The van der Waals surface area contributed by atoms with Gasteiger partial charge in [-0.25, -0.2) is 4.39 Å². The van der Waals surface area contributed by atoms with Gasteiger partial charge in [0.05, 0.1) is 11.4 Å². The molecule has 0 bridgehead atoms. The molecular weight excluding hydrogens is 239 g/mol. The number of halogens is 1. The molecule has 0 unspecified atom stereocenters. The van der Waals surface area contributed by atoms with Gasteiger partial charge in [0.25, 0.3) is 0 Å². The second-order valence-electron chi connectivity index (χ2n) is 4.96. The van der Waals surface area contributed by atoms with Crippen molar-refractivity contribution in [1.82, 2.24) is 0 Å². The minimum atomic E-state index is -0.370. The average molecular weight is 258 g/mol. The molecule has 0 aliphatic rings. The number of rotatable bonds is 3. The summed E-state index contributed by atoms with van der Waals surface area (Å²) in [5, 5.41) is 0. The summed E-state index contributed by atoms with van der Waals surface area (Å²) in [7, 11) is 1.92. The molecule has 19 heavy (non-hydrogen) atoms. The lowest BCUT2D eigenvalue weighted by atomic mass is 10.1. The molecule has 0 saturated heterocycles. The maximum absolute atomic E-state index is 13.5. The molecule has 0 spiro atoms. The Bertz CT molecular complexity index is 593. The third kappa shape index (κ3) is 2.87. The maximum atomic E-state index is 13.5. The molecule has 0 heterocycles. The van der Waals surface area contributed by atoms with E-state index in [9.17, 15) is 4.39 Å². The van der Waals surface area contributed by atoms with Gasteiger partial charge in [0.1, 0.15) is 5.82 Å². The van der Waals surface area contributed by atoms with Crippen molar-refractivity contribution in [3.05, 3.63) is 58.9 Å². The molecule has 0 amide bonds. The van der Waals surface area contributed by atoms with Crippen LogP contribution in [0.1, 0.15) is 16.7 Å². The Labute approximate surface area is 113 Å². The molecule has 0 atom stereocenters. The first kappa shape index (κ1) is 13.4. The summed E-state index contributed by atoms with van der Waals surface area (Å²) in [4.78, 5) is 1.97. The Morgan fingerprint density at radius 2 is 1.89 bits per heavy atom. The number of para-hydroxylation sites is 1. The second-order valence-corrected chi connectivity index (χ2v) is 4.96. The van der Waals surface area contributed by atoms with Crippen molar-refractivity contribution in [2.24, 2.45) is 0 Å². The largest absolute Gasteiger partial charge is 0.395 e. The summed E-state index contributed by atoms with van der Waals surface area (Å²) in [6.07, 6.45) is 0. The SMILES string of the molecule is Cc1ccc(CN(C)c2cccc(F)c2N)c(C)c1. The standard InChI is InChI=1S/C16H19FN2/c1-11-7-8-13(12(2)9-11)10-19(3)15-6-4-5-14(17)16(15)18/h4-9H,10,18H2,1-3H3. The molecular formula is C16H19FN2. The summed E-state index contributed by atoms with van der Waals surface area (Å²) in [6.45, 7) is 4.87. The lowest BCUT2D eigenvalue weighted by Crippen LogP contribution is -2.19. The van der Waals surface area contributed by atoms with Crippen LogP contribution in [0.2, 0.25) is 0 Å². The third-order valence-electron chi connectivity index (χ3n) is 3.35. The van der Waals surface area contributed by atoms with Crippen molar-refractivity contribution in [2.75, 3.05) is 17.7 Å². The van der Waals surface area contributed by atoms with Crippen LogP contribution in [-0.4, -0.2) is 7.05 Å². The molecule has 2 aromatic carbocycles. The van der Waals surface area contributed by atoms with Crippen molar-refractivity contribution in [3.63, 3.8) is 0 Å². The Balaban J connectivity index is 2.25. The van der Waals surface area contributed by atoms with Crippen LogP contribution in [0.5, 0.6) is 0 Å². The van der Waals surface area contributed by atoms with Gasteiger partial charge >= 0.3 is 0 Å². The highest BCUT2D eigenvalue weighted by atomic mass is 19.1. The van der Waals surface area contributed by atoms with E-state index < -0.39 is 0 Å². The van der Waals surface area contributed by atoms with Crippen molar-refractivity contribution in [2.45, 2.75) is 20.4 Å². The summed E-state index contributed by atoms with van der Waals surface area (Å²) in [6, 6.07) is 11.2. The average Bonchev–Trinajstić information content (AvgIpc) is 2.36. The maximum Gasteiger partial charge on any atom is 0.148 e. The summed E-state index contributed by atoms with van der Waals surface area (Å²) in [5.74, 6) is -0.370. The molecule has 2 N–H and O–H groups in total. The molecule has 0 saturated carbocycles. The zero-order valence-corrected chi connectivity index (χ0v) is 11.6. The van der Waals surface area contributed by atoms with Crippen molar-refractivity contribution in [3.8, 4) is 0 Å². The van der Waals surface area contributed by atoms with E-state index in [0.29, 0.717) is 6.54 Å². The molecule has 0 aliphatic heterocycles. The van der Waals surface area contributed by atoms with Gasteiger partial charge in [0.15, 0.2) is 0 Å². The van der Waals surface area contributed by atoms with E-state index in [1.807, 2.05) is 18.0 Å². The van der Waals surface area contributed by atoms with Gasteiger partial charge in [-0.3, -0.25) is 0 Å². The topological polar surface area (TPSA) is 29.3 Å². The quantitative estimate of drug-likeness (QED) is 0.851. The first-order chi connectivity index (χ1) is 8.99. The van der Waals surface area contributed by atoms with Gasteiger partial charge in [-0.15, -0.1) is 0 Å². The van der Waals surface area contributed by atoms with Crippen LogP contribution in [-0.2, 0) is 6.54 Å². The van der Waals surface area contributed by atoms with Gasteiger partial charge in [-0.2, -0.15) is 0 Å². The first-order valence-electron chi connectivity index (χ1n) is 6.30. The number of anilines is 2. The van der Waals surface area contributed by atoms with Gasteiger partial charge < -0.3 is 10.6 Å². The molecule has 2 nitrogen and oxygen atoms in total. The number of nitrogens with zero attached hydrogens (tertiary/aromatic N) is 1. The van der Waals surface area contributed by atoms with Crippen molar-refractivity contribution >= 4 is 11.4 Å². The van der Waals surface area contributed by atoms with Crippen LogP contribution in [0.15, 0.2) is 36.4 Å². The van der Waals surface area contributed by atoms with E-state index in [1.54, 1.807) is 6.07 Å². The predicted molar refractivity (Wildman–Crippen MR) is 78.8 cm³/mol. The smallest absolute Gasteiger partial charge is 0.148 e. The Hall–Kier alpha value is -2.03. The lowest BCUT2D eigenvalue weighted by molar-refractivity contribution is 0.632. The van der Waals surface area contributed by atoms with Gasteiger partial charge in [-0.1, -0.05) is 29.8 Å². The molecule has 0 aliphatic carbocycles. The van der Waals surface area contributed by atoms with Gasteiger partial charge in [-0.05, 0) is 37.1 Å². The zero-order chi connectivity index (χ0) is 14.0. The fourth-order valence-corrected chi connectivity index (χ4v) is 2.22. The Morgan fingerprint density at radius 1 is 1.16 bits per heavy atom. The van der Waals surface area contributed by atoms with Crippen LogP contribution in [0, 0.1) is 19.7 Å². The van der Waals surface area contributed by atoms with Gasteiger partial charge in [0.2, 0.25) is 0 Å². The highest BCUT2D eigenvalue weighted by Crippen LogP contribution is 2.26. The molecule has 2 rings (SSSR count). The predicted octanol–water partition coefficient (Wildman–Crippen LogP) is 3.66. The van der Waals surface area contributed by atoms with Crippen molar-refractivity contribution < 1.29 is 4.39 Å². The summed E-state index contributed by atoms with van der Waals surface area (Å²) >= 11 is 0. The monoisotopic (exact) mass is 258 g/mol. The summed E-state index contributed by atoms with van der Waals surface area (Å²) < 4.78 is 13.5. The van der Waals surface area contributed by atoms with E-state index in [-0.39, 0.29) is 11.5 Å². The van der Waals surface area contributed by atoms with Crippen molar-refractivity contribution in [1.29, 1.82) is 0 Å². The number of benzene rings is 2. The highest BCUT2D eigenvalue weighted by molar-refractivity contribution is 5.67. The number of hydrogen-bond donors (Lipinski definition) is 1. The van der Waals surface area contributed by atoms with E-state index in [1.165, 1.54) is 22.8 Å². The minimum Gasteiger partial charge on any atom is -0.395 e. The van der Waals surface area contributed by atoms with Crippen LogP contribution in [0.4, 0.5) is 15.8 Å². The molecule has 0 fully saturated rings. The molecule has 0 aromatic heterocycles. The number of nitrogens with two attached hydrogens (primary N) is 1. The molecule has 0 radical (unpaired) electrons. The molecule has 3 heteroatoms. The zero-order valence-electron chi connectivity index (χ0n) is 11.6. The fraction of sp³-hybridized carbons (Fsp3) is 0.250. The van der Waals surface area contributed by atoms with E-state index >= 15 is 0 Å². The highest BCUT2D eigenvalue weighted by Gasteiger charge is 2.10. The van der Waals surface area contributed by atoms with E-state index in [0.717, 1.165) is 5.69 Å². The third-order valence-corrected chi connectivity index (χ3v) is 3.35. The van der Waals surface area contributed by atoms with E-state index in [2.05, 4.69) is 32.0 Å².